The van der Waals surface area contributed by atoms with Gasteiger partial charge in [0.15, 0.2) is 0 Å². The molecule has 0 bridgehead atoms. The van der Waals surface area contributed by atoms with E-state index in [9.17, 15) is 5.11 Å². The quantitative estimate of drug-likeness (QED) is 0.686. The maximum atomic E-state index is 10.1. The van der Waals surface area contributed by atoms with E-state index < -0.39 is 6.10 Å². The topological polar surface area (TPSA) is 68.5 Å². The van der Waals surface area contributed by atoms with Crippen LogP contribution < -0.4 is 10.1 Å². The summed E-state index contributed by atoms with van der Waals surface area (Å²) >= 11 is 0. The third-order valence-electron chi connectivity index (χ3n) is 4.17. The molecule has 0 heterocycles. The Morgan fingerprint density at radius 2 is 1.77 bits per heavy atom. The molecule has 0 radical (unpaired) electrons. The van der Waals surface area contributed by atoms with Crippen molar-refractivity contribution in [3.8, 4) is 11.8 Å². The number of rotatable bonds is 10. The van der Waals surface area contributed by atoms with Crippen molar-refractivity contribution in [2.45, 2.75) is 18.6 Å². The number of aliphatic hydroxyl groups is 1. The van der Waals surface area contributed by atoms with Crippen molar-refractivity contribution in [2.75, 3.05) is 33.8 Å². The summed E-state index contributed by atoms with van der Waals surface area (Å²) in [6.45, 7) is 1.43. The highest BCUT2D eigenvalue weighted by Gasteiger charge is 2.14. The van der Waals surface area contributed by atoms with Crippen LogP contribution in [0.3, 0.4) is 0 Å². The Morgan fingerprint density at radius 3 is 2.38 bits per heavy atom. The van der Waals surface area contributed by atoms with Gasteiger partial charge in [0.1, 0.15) is 18.5 Å². The Morgan fingerprint density at radius 1 is 1.08 bits per heavy atom. The second-order valence-corrected chi connectivity index (χ2v) is 6.49. The average Bonchev–Trinajstić information content (AvgIpc) is 2.65. The van der Waals surface area contributed by atoms with Gasteiger partial charge in [0.2, 0.25) is 0 Å². The average molecular weight is 353 g/mol. The van der Waals surface area contributed by atoms with Gasteiger partial charge in [-0.3, -0.25) is 0 Å². The van der Waals surface area contributed by atoms with Gasteiger partial charge in [0, 0.05) is 19.1 Å². The molecule has 5 heteroatoms. The van der Waals surface area contributed by atoms with E-state index >= 15 is 0 Å². The molecule has 0 aliphatic heterocycles. The summed E-state index contributed by atoms with van der Waals surface area (Å²) in [7, 11) is 4.10. The molecule has 0 saturated heterocycles. The van der Waals surface area contributed by atoms with Crippen molar-refractivity contribution in [1.82, 2.24) is 10.2 Å². The number of nitrogens with one attached hydrogen (secondary N) is 1. The summed E-state index contributed by atoms with van der Waals surface area (Å²) in [6, 6.07) is 20.1. The second-order valence-electron chi connectivity index (χ2n) is 6.49. The number of hydrogen-bond acceptors (Lipinski definition) is 5. The lowest BCUT2D eigenvalue weighted by Crippen LogP contribution is -2.37. The number of hydrogen-bond donors (Lipinski definition) is 2. The van der Waals surface area contributed by atoms with Crippen molar-refractivity contribution in [3.05, 3.63) is 65.7 Å². The van der Waals surface area contributed by atoms with Gasteiger partial charge in [0.25, 0.3) is 0 Å². The van der Waals surface area contributed by atoms with Crippen molar-refractivity contribution >= 4 is 0 Å². The molecule has 0 amide bonds. The first-order chi connectivity index (χ1) is 12.6. The van der Waals surface area contributed by atoms with E-state index in [1.54, 1.807) is 0 Å². The molecule has 0 spiro atoms. The van der Waals surface area contributed by atoms with E-state index in [1.807, 2.05) is 42.5 Å². The first-order valence-electron chi connectivity index (χ1n) is 8.79. The van der Waals surface area contributed by atoms with Crippen LogP contribution in [0.5, 0.6) is 5.75 Å². The molecule has 0 aliphatic carbocycles. The SMILES string of the molecule is CN(C)[C@@H](CNC[C@H](O)COc1ccc(CC#N)cc1)c1ccccc1. The van der Waals surface area contributed by atoms with Crippen LogP contribution >= 0.6 is 0 Å². The van der Waals surface area contributed by atoms with Gasteiger partial charge in [-0.05, 0) is 37.4 Å². The molecular weight excluding hydrogens is 326 g/mol. The molecule has 26 heavy (non-hydrogen) atoms. The van der Waals surface area contributed by atoms with Crippen LogP contribution in [0, 0.1) is 11.3 Å². The molecule has 2 aromatic rings. The minimum atomic E-state index is -0.590. The highest BCUT2D eigenvalue weighted by molar-refractivity contribution is 5.28. The van der Waals surface area contributed by atoms with E-state index in [1.165, 1.54) is 5.56 Å². The number of benzene rings is 2. The van der Waals surface area contributed by atoms with Crippen LogP contribution in [-0.4, -0.2) is 49.9 Å². The zero-order chi connectivity index (χ0) is 18.8. The van der Waals surface area contributed by atoms with Gasteiger partial charge >= 0.3 is 0 Å². The summed E-state index contributed by atoms with van der Waals surface area (Å²) in [5.74, 6) is 0.696. The van der Waals surface area contributed by atoms with Crippen molar-refractivity contribution < 1.29 is 9.84 Å². The Bertz CT molecular complexity index is 681. The Balaban J connectivity index is 1.74. The lowest BCUT2D eigenvalue weighted by molar-refractivity contribution is 0.104. The van der Waals surface area contributed by atoms with Gasteiger partial charge in [-0.1, -0.05) is 42.5 Å². The van der Waals surface area contributed by atoms with Crippen LogP contribution in [-0.2, 0) is 6.42 Å². The van der Waals surface area contributed by atoms with Gasteiger partial charge in [-0.15, -0.1) is 0 Å². The second kappa shape index (κ2) is 10.6. The van der Waals surface area contributed by atoms with Crippen LogP contribution in [0.1, 0.15) is 17.2 Å². The molecule has 138 valence electrons. The van der Waals surface area contributed by atoms with Gasteiger partial charge in [-0.25, -0.2) is 0 Å². The molecule has 0 saturated carbocycles. The fourth-order valence-corrected chi connectivity index (χ4v) is 2.71. The highest BCUT2D eigenvalue weighted by atomic mass is 16.5. The molecule has 0 fully saturated rings. The van der Waals surface area contributed by atoms with E-state index in [-0.39, 0.29) is 12.6 Å². The van der Waals surface area contributed by atoms with E-state index in [0.717, 1.165) is 12.1 Å². The summed E-state index contributed by atoms with van der Waals surface area (Å²) in [6.07, 6.45) is -0.200. The summed E-state index contributed by atoms with van der Waals surface area (Å²) < 4.78 is 5.61. The summed E-state index contributed by atoms with van der Waals surface area (Å²) in [5.41, 5.74) is 2.20. The largest absolute Gasteiger partial charge is 0.491 e. The normalized spacial score (nSPS) is 13.2. The van der Waals surface area contributed by atoms with Gasteiger partial charge < -0.3 is 20.1 Å². The third-order valence-corrected chi connectivity index (χ3v) is 4.17. The molecule has 0 unspecified atom stereocenters. The summed E-state index contributed by atoms with van der Waals surface area (Å²) in [5, 5.41) is 22.1. The van der Waals surface area contributed by atoms with Crippen molar-refractivity contribution in [3.63, 3.8) is 0 Å². The predicted molar refractivity (Wildman–Crippen MR) is 103 cm³/mol. The van der Waals surface area contributed by atoms with Crippen LogP contribution in [0.25, 0.3) is 0 Å². The smallest absolute Gasteiger partial charge is 0.119 e. The molecule has 2 N–H and O–H groups in total. The standard InChI is InChI=1S/C21H27N3O2/c1-24(2)21(18-6-4-3-5-7-18)15-23-14-19(25)16-26-20-10-8-17(9-11-20)12-13-22/h3-11,19,21,23,25H,12,14-16H2,1-2H3/t19-,21-/m0/s1. The predicted octanol–water partition coefficient (Wildman–Crippen LogP) is 2.38. The fraction of sp³-hybridized carbons (Fsp3) is 0.381. The van der Waals surface area contributed by atoms with Crippen molar-refractivity contribution in [1.29, 1.82) is 5.26 Å². The maximum Gasteiger partial charge on any atom is 0.119 e. The monoisotopic (exact) mass is 353 g/mol. The van der Waals surface area contributed by atoms with Crippen LogP contribution in [0.2, 0.25) is 0 Å². The van der Waals surface area contributed by atoms with Gasteiger partial charge in [-0.2, -0.15) is 5.26 Å². The lowest BCUT2D eigenvalue weighted by atomic mass is 10.1. The Hall–Kier alpha value is -2.39. The molecule has 5 nitrogen and oxygen atoms in total. The Labute approximate surface area is 155 Å². The number of ether oxygens (including phenoxy) is 1. The zero-order valence-electron chi connectivity index (χ0n) is 15.4. The van der Waals surface area contributed by atoms with Gasteiger partial charge in [0.05, 0.1) is 12.5 Å². The van der Waals surface area contributed by atoms with Crippen LogP contribution in [0.4, 0.5) is 0 Å². The summed E-state index contributed by atoms with van der Waals surface area (Å²) in [4.78, 5) is 2.16. The molecule has 2 rings (SSSR count). The first kappa shape index (κ1) is 19.9. The fourth-order valence-electron chi connectivity index (χ4n) is 2.71. The van der Waals surface area contributed by atoms with E-state index in [0.29, 0.717) is 18.7 Å². The molecule has 0 aliphatic rings. The zero-order valence-corrected chi connectivity index (χ0v) is 15.4. The van der Waals surface area contributed by atoms with Crippen molar-refractivity contribution in [2.24, 2.45) is 0 Å². The number of likely N-dealkylation sites (N-methyl/N-ethyl adjacent to an activating group) is 1. The van der Waals surface area contributed by atoms with Crippen LogP contribution in [0.15, 0.2) is 54.6 Å². The third kappa shape index (κ3) is 6.49. The highest BCUT2D eigenvalue weighted by Crippen LogP contribution is 2.16. The molecule has 2 aromatic carbocycles. The first-order valence-corrected chi connectivity index (χ1v) is 8.79. The maximum absolute atomic E-state index is 10.1. The Kier molecular flexibility index (Phi) is 8.10. The van der Waals surface area contributed by atoms with E-state index in [4.69, 9.17) is 10.00 Å². The number of nitriles is 1. The molecule has 0 aromatic heterocycles. The minimum Gasteiger partial charge on any atom is -0.491 e. The van der Waals surface area contributed by atoms with E-state index in [2.05, 4.69) is 42.5 Å². The lowest BCUT2D eigenvalue weighted by Gasteiger charge is -2.25. The number of nitrogens with zero attached hydrogens (tertiary/aromatic N) is 2. The number of aliphatic hydroxyl groups excluding tert-OH is 1. The molecular formula is C21H27N3O2. The minimum absolute atomic E-state index is 0.225. The molecule has 2 atom stereocenters.